The Bertz CT molecular complexity index is 749. The zero-order valence-electron chi connectivity index (χ0n) is 14.3. The van der Waals surface area contributed by atoms with Crippen LogP contribution < -0.4 is 5.32 Å². The van der Waals surface area contributed by atoms with Crippen molar-refractivity contribution >= 4 is 21.0 Å². The molecule has 25 heavy (non-hydrogen) atoms. The Labute approximate surface area is 147 Å². The Morgan fingerprint density at radius 3 is 2.24 bits per heavy atom. The molecule has 1 saturated heterocycles. The molecule has 1 aromatic carbocycles. The molecule has 136 valence electrons. The van der Waals surface area contributed by atoms with Gasteiger partial charge in [0, 0.05) is 32.2 Å². The van der Waals surface area contributed by atoms with Crippen LogP contribution in [0.4, 0.5) is 4.79 Å². The van der Waals surface area contributed by atoms with Crippen molar-refractivity contribution in [3.05, 3.63) is 29.8 Å². The fraction of sp³-hybridized carbons (Fsp3) is 0.529. The maximum absolute atomic E-state index is 12.2. The summed E-state index contributed by atoms with van der Waals surface area (Å²) in [7, 11) is -4.12. The minimum Gasteiger partial charge on any atom is -0.339 e. The number of rotatable bonds is 4. The van der Waals surface area contributed by atoms with Gasteiger partial charge in [0.25, 0.3) is 9.84 Å². The van der Waals surface area contributed by atoms with Gasteiger partial charge in [0.1, 0.15) is 0 Å². The summed E-state index contributed by atoms with van der Waals surface area (Å²) < 4.78 is 24.4. The highest BCUT2D eigenvalue weighted by atomic mass is 32.2. The molecule has 1 aliphatic carbocycles. The molecule has 3 rings (SSSR count). The number of aryl methyl sites for hydroxylation is 1. The van der Waals surface area contributed by atoms with Gasteiger partial charge < -0.3 is 10.2 Å². The normalized spacial score (nSPS) is 18.8. The standard InChI is InChI=1S/C17H23N3O4S/c1-13-2-6-15(7-3-13)25(23,24)17(22)18-12-16(21)20-10-8-19(9-11-20)14-4-5-14/h2-3,6-7,14H,4-5,8-12H2,1H3,(H,18,22). The molecule has 8 heteroatoms. The van der Waals surface area contributed by atoms with Crippen LogP contribution in [0.1, 0.15) is 18.4 Å². The first-order chi connectivity index (χ1) is 11.9. The number of nitrogens with zero attached hydrogens (tertiary/aromatic N) is 2. The van der Waals surface area contributed by atoms with Gasteiger partial charge in [-0.1, -0.05) is 17.7 Å². The second kappa shape index (κ2) is 7.13. The number of hydrogen-bond donors (Lipinski definition) is 1. The van der Waals surface area contributed by atoms with Gasteiger partial charge >= 0.3 is 5.24 Å². The fourth-order valence-electron chi connectivity index (χ4n) is 2.96. The lowest BCUT2D eigenvalue weighted by atomic mass is 10.2. The molecule has 0 aromatic heterocycles. The molecule has 0 bridgehead atoms. The summed E-state index contributed by atoms with van der Waals surface area (Å²) in [5.74, 6) is -0.247. The molecular weight excluding hydrogens is 342 g/mol. The predicted molar refractivity (Wildman–Crippen MR) is 92.9 cm³/mol. The minimum atomic E-state index is -4.12. The second-order valence-corrected chi connectivity index (χ2v) is 8.45. The van der Waals surface area contributed by atoms with Crippen LogP contribution in [0.25, 0.3) is 0 Å². The molecule has 2 aliphatic rings. The van der Waals surface area contributed by atoms with E-state index in [0.29, 0.717) is 19.1 Å². The van der Waals surface area contributed by atoms with Crippen LogP contribution in [0.5, 0.6) is 0 Å². The van der Waals surface area contributed by atoms with E-state index in [0.717, 1.165) is 18.7 Å². The molecule has 0 radical (unpaired) electrons. The van der Waals surface area contributed by atoms with Crippen molar-refractivity contribution in [1.82, 2.24) is 15.1 Å². The average Bonchev–Trinajstić information content (AvgIpc) is 3.45. The van der Waals surface area contributed by atoms with Crippen molar-refractivity contribution in [2.45, 2.75) is 30.7 Å². The summed E-state index contributed by atoms with van der Waals surface area (Å²) >= 11 is 0. The van der Waals surface area contributed by atoms with E-state index < -0.39 is 15.1 Å². The number of carbonyl (C=O) groups excluding carboxylic acids is 2. The molecule has 1 aliphatic heterocycles. The van der Waals surface area contributed by atoms with E-state index in [1.807, 2.05) is 6.92 Å². The predicted octanol–water partition coefficient (Wildman–Crippen LogP) is 0.785. The SMILES string of the molecule is Cc1ccc(S(=O)(=O)C(=O)NCC(=O)N2CCN(C3CC3)CC2)cc1. The highest BCUT2D eigenvalue weighted by Gasteiger charge is 2.32. The van der Waals surface area contributed by atoms with Gasteiger partial charge in [-0.25, -0.2) is 8.42 Å². The smallest absolute Gasteiger partial charge is 0.339 e. The number of hydrogen-bond acceptors (Lipinski definition) is 5. The van der Waals surface area contributed by atoms with Crippen LogP contribution in [0, 0.1) is 6.92 Å². The maximum Gasteiger partial charge on any atom is 0.341 e. The van der Waals surface area contributed by atoms with E-state index in [9.17, 15) is 18.0 Å². The van der Waals surface area contributed by atoms with Crippen molar-refractivity contribution in [1.29, 1.82) is 0 Å². The Morgan fingerprint density at radius 2 is 1.68 bits per heavy atom. The number of benzene rings is 1. The molecule has 2 amide bonds. The molecule has 1 saturated carbocycles. The second-order valence-electron chi connectivity index (χ2n) is 6.61. The van der Waals surface area contributed by atoms with E-state index in [1.165, 1.54) is 25.0 Å². The number of nitrogens with one attached hydrogen (secondary N) is 1. The topological polar surface area (TPSA) is 86.8 Å². The largest absolute Gasteiger partial charge is 0.341 e. The molecule has 1 heterocycles. The highest BCUT2D eigenvalue weighted by Crippen LogP contribution is 2.27. The van der Waals surface area contributed by atoms with Crippen LogP contribution in [-0.2, 0) is 14.6 Å². The minimum absolute atomic E-state index is 0.0684. The number of carbonyl (C=O) groups is 2. The molecule has 0 unspecified atom stereocenters. The van der Waals surface area contributed by atoms with Crippen molar-refractivity contribution in [3.8, 4) is 0 Å². The van der Waals surface area contributed by atoms with Gasteiger partial charge in [-0.05, 0) is 31.9 Å². The summed E-state index contributed by atoms with van der Waals surface area (Å²) in [5, 5.41) is 1.11. The molecular formula is C17H23N3O4S. The van der Waals surface area contributed by atoms with Crippen LogP contribution in [0.15, 0.2) is 29.2 Å². The third-order valence-electron chi connectivity index (χ3n) is 4.69. The van der Waals surface area contributed by atoms with Gasteiger partial charge in [0.2, 0.25) is 5.91 Å². The molecule has 1 N–H and O–H groups in total. The van der Waals surface area contributed by atoms with Gasteiger partial charge in [-0.3, -0.25) is 14.5 Å². The van der Waals surface area contributed by atoms with Gasteiger partial charge in [0.15, 0.2) is 0 Å². The van der Waals surface area contributed by atoms with Crippen molar-refractivity contribution < 1.29 is 18.0 Å². The Hall–Kier alpha value is -1.93. The zero-order chi connectivity index (χ0) is 18.0. The summed E-state index contributed by atoms with van der Waals surface area (Å²) in [6.07, 6.45) is 2.47. The third-order valence-corrected chi connectivity index (χ3v) is 6.21. The molecule has 2 fully saturated rings. The maximum atomic E-state index is 12.2. The molecule has 0 spiro atoms. The van der Waals surface area contributed by atoms with E-state index in [-0.39, 0.29) is 17.3 Å². The van der Waals surface area contributed by atoms with Gasteiger partial charge in [-0.2, -0.15) is 0 Å². The Morgan fingerprint density at radius 1 is 1.08 bits per heavy atom. The quantitative estimate of drug-likeness (QED) is 0.852. The molecule has 7 nitrogen and oxygen atoms in total. The fourth-order valence-corrected chi connectivity index (χ4v) is 3.93. The van der Waals surface area contributed by atoms with Gasteiger partial charge in [0.05, 0.1) is 11.4 Å². The Balaban J connectivity index is 1.51. The monoisotopic (exact) mass is 365 g/mol. The first-order valence-electron chi connectivity index (χ1n) is 8.49. The van der Waals surface area contributed by atoms with Gasteiger partial charge in [-0.15, -0.1) is 0 Å². The third kappa shape index (κ3) is 4.19. The lowest BCUT2D eigenvalue weighted by Gasteiger charge is -2.34. The lowest BCUT2D eigenvalue weighted by Crippen LogP contribution is -2.51. The highest BCUT2D eigenvalue weighted by molar-refractivity contribution is 8.06. The van der Waals surface area contributed by atoms with Crippen molar-refractivity contribution in [2.24, 2.45) is 0 Å². The zero-order valence-corrected chi connectivity index (χ0v) is 15.1. The summed E-state index contributed by atoms with van der Waals surface area (Å²) in [6.45, 7) is 4.45. The molecule has 1 aromatic rings. The van der Waals surface area contributed by atoms with Crippen LogP contribution in [-0.4, -0.2) is 68.1 Å². The van der Waals surface area contributed by atoms with Crippen LogP contribution in [0.3, 0.4) is 0 Å². The van der Waals surface area contributed by atoms with Crippen LogP contribution in [0.2, 0.25) is 0 Å². The summed E-state index contributed by atoms with van der Waals surface area (Å²) in [6, 6.07) is 6.72. The van der Waals surface area contributed by atoms with E-state index in [2.05, 4.69) is 10.2 Å². The first-order valence-corrected chi connectivity index (χ1v) is 9.97. The molecule has 0 atom stereocenters. The number of sulfone groups is 1. The first kappa shape index (κ1) is 17.9. The Kier molecular flexibility index (Phi) is 5.10. The summed E-state index contributed by atoms with van der Waals surface area (Å²) in [5.41, 5.74) is 0.903. The van der Waals surface area contributed by atoms with E-state index >= 15 is 0 Å². The lowest BCUT2D eigenvalue weighted by molar-refractivity contribution is -0.131. The van der Waals surface area contributed by atoms with E-state index in [4.69, 9.17) is 0 Å². The number of amides is 2. The van der Waals surface area contributed by atoms with E-state index in [1.54, 1.807) is 17.0 Å². The van der Waals surface area contributed by atoms with Crippen molar-refractivity contribution in [2.75, 3.05) is 32.7 Å². The van der Waals surface area contributed by atoms with Crippen molar-refractivity contribution in [3.63, 3.8) is 0 Å². The van der Waals surface area contributed by atoms with Crippen LogP contribution >= 0.6 is 0 Å². The summed E-state index contributed by atoms with van der Waals surface area (Å²) in [4.78, 5) is 28.2. The number of piperazine rings is 1. The average molecular weight is 365 g/mol.